The number of carbonyl (C=O) groups is 1. The number of aryl methyl sites for hydroxylation is 2. The number of urea groups is 1. The molecule has 0 heterocycles. The molecule has 0 aliphatic rings. The van der Waals surface area contributed by atoms with Crippen molar-refractivity contribution in [1.82, 2.24) is 5.32 Å². The van der Waals surface area contributed by atoms with E-state index >= 15 is 0 Å². The summed E-state index contributed by atoms with van der Waals surface area (Å²) in [4.78, 5) is 18.6. The van der Waals surface area contributed by atoms with Crippen LogP contribution in [0.15, 0.2) is 23.2 Å². The van der Waals surface area contributed by atoms with Gasteiger partial charge < -0.3 is 5.73 Å². The van der Waals surface area contributed by atoms with E-state index in [0.29, 0.717) is 19.0 Å². The number of anilines is 1. The highest BCUT2D eigenvalue weighted by atomic mass is 16.2. The molecule has 5 nitrogen and oxygen atoms in total. The second-order valence-corrected chi connectivity index (χ2v) is 6.30. The van der Waals surface area contributed by atoms with E-state index in [-0.39, 0.29) is 12.0 Å². The molecule has 2 amide bonds. The summed E-state index contributed by atoms with van der Waals surface area (Å²) in [7, 11) is 0. The number of para-hydroxylation sites is 1. The zero-order chi connectivity index (χ0) is 17.4. The lowest BCUT2D eigenvalue weighted by molar-refractivity contribution is 0.250. The van der Waals surface area contributed by atoms with E-state index in [1.165, 1.54) is 0 Å². The minimum Gasteiger partial charge on any atom is -0.370 e. The SMILES string of the molecule is CCCCN(C(=O)NC(N)=NCC(C)C)c1c(C)cccc1C. The molecule has 0 saturated heterocycles. The monoisotopic (exact) mass is 318 g/mol. The van der Waals surface area contributed by atoms with Gasteiger partial charge in [0.25, 0.3) is 0 Å². The van der Waals surface area contributed by atoms with E-state index in [1.807, 2.05) is 32.0 Å². The van der Waals surface area contributed by atoms with Gasteiger partial charge in [0.1, 0.15) is 0 Å². The number of rotatable bonds is 6. The van der Waals surface area contributed by atoms with Gasteiger partial charge in [-0.1, -0.05) is 45.4 Å². The second-order valence-electron chi connectivity index (χ2n) is 6.30. The Morgan fingerprint density at radius 1 is 1.30 bits per heavy atom. The van der Waals surface area contributed by atoms with E-state index in [2.05, 4.69) is 31.1 Å². The highest BCUT2D eigenvalue weighted by molar-refractivity contribution is 6.04. The molecule has 0 fully saturated rings. The molecule has 1 aromatic carbocycles. The van der Waals surface area contributed by atoms with Crippen LogP contribution in [-0.4, -0.2) is 25.1 Å². The van der Waals surface area contributed by atoms with Crippen molar-refractivity contribution in [3.05, 3.63) is 29.3 Å². The van der Waals surface area contributed by atoms with Crippen LogP contribution in [0.4, 0.5) is 10.5 Å². The maximum atomic E-state index is 12.7. The minimum atomic E-state index is -0.221. The van der Waals surface area contributed by atoms with Gasteiger partial charge in [-0.2, -0.15) is 0 Å². The van der Waals surface area contributed by atoms with Crippen molar-refractivity contribution in [2.75, 3.05) is 18.0 Å². The average Bonchev–Trinajstić information content (AvgIpc) is 2.48. The molecule has 0 aliphatic heterocycles. The minimum absolute atomic E-state index is 0.177. The fourth-order valence-corrected chi connectivity index (χ4v) is 2.36. The maximum absolute atomic E-state index is 12.7. The molecular weight excluding hydrogens is 288 g/mol. The van der Waals surface area contributed by atoms with Gasteiger partial charge in [0.2, 0.25) is 0 Å². The molecule has 23 heavy (non-hydrogen) atoms. The third-order valence-electron chi connectivity index (χ3n) is 3.55. The molecule has 1 rings (SSSR count). The van der Waals surface area contributed by atoms with E-state index in [4.69, 9.17) is 5.73 Å². The van der Waals surface area contributed by atoms with Crippen LogP contribution in [0.2, 0.25) is 0 Å². The molecule has 128 valence electrons. The van der Waals surface area contributed by atoms with Gasteiger partial charge in [0.05, 0.1) is 5.69 Å². The van der Waals surface area contributed by atoms with Gasteiger partial charge in [0, 0.05) is 13.1 Å². The topological polar surface area (TPSA) is 70.7 Å². The summed E-state index contributed by atoms with van der Waals surface area (Å²) in [6.45, 7) is 11.5. The number of benzene rings is 1. The molecule has 0 saturated carbocycles. The molecule has 0 atom stereocenters. The van der Waals surface area contributed by atoms with Gasteiger partial charge in [-0.25, -0.2) is 4.79 Å². The van der Waals surface area contributed by atoms with Crippen molar-refractivity contribution >= 4 is 17.7 Å². The lowest BCUT2D eigenvalue weighted by Gasteiger charge is -2.26. The molecule has 0 aliphatic carbocycles. The summed E-state index contributed by atoms with van der Waals surface area (Å²) < 4.78 is 0. The van der Waals surface area contributed by atoms with E-state index in [1.54, 1.807) is 4.90 Å². The summed E-state index contributed by atoms with van der Waals surface area (Å²) in [5.41, 5.74) is 8.94. The molecule has 0 radical (unpaired) electrons. The van der Waals surface area contributed by atoms with Gasteiger partial charge >= 0.3 is 6.03 Å². The smallest absolute Gasteiger partial charge is 0.328 e. The van der Waals surface area contributed by atoms with Crippen LogP contribution in [0, 0.1) is 19.8 Å². The van der Waals surface area contributed by atoms with Crippen molar-refractivity contribution in [2.24, 2.45) is 16.6 Å². The number of aliphatic imine (C=N–C) groups is 1. The third kappa shape index (κ3) is 5.93. The van der Waals surface area contributed by atoms with Crippen molar-refractivity contribution < 1.29 is 4.79 Å². The first kappa shape index (κ1) is 19.0. The Morgan fingerprint density at radius 2 is 1.91 bits per heavy atom. The predicted octanol–water partition coefficient (Wildman–Crippen LogP) is 3.59. The van der Waals surface area contributed by atoms with Crippen LogP contribution >= 0.6 is 0 Å². The molecule has 0 spiro atoms. The van der Waals surface area contributed by atoms with Crippen molar-refractivity contribution in [1.29, 1.82) is 0 Å². The molecule has 0 aromatic heterocycles. The lowest BCUT2D eigenvalue weighted by atomic mass is 10.1. The number of unbranched alkanes of at least 4 members (excludes halogenated alkanes) is 1. The normalized spacial score (nSPS) is 11.7. The number of carbonyl (C=O) groups excluding carboxylic acids is 1. The van der Waals surface area contributed by atoms with Crippen LogP contribution < -0.4 is 16.0 Å². The van der Waals surface area contributed by atoms with Crippen molar-refractivity contribution in [3.8, 4) is 0 Å². The Kier molecular flexibility index (Phi) is 7.59. The van der Waals surface area contributed by atoms with Gasteiger partial charge in [-0.05, 0) is 37.3 Å². The number of nitrogens with one attached hydrogen (secondary N) is 1. The van der Waals surface area contributed by atoms with E-state index in [9.17, 15) is 4.79 Å². The van der Waals surface area contributed by atoms with Gasteiger partial charge in [0.15, 0.2) is 5.96 Å². The fourth-order valence-electron chi connectivity index (χ4n) is 2.36. The highest BCUT2D eigenvalue weighted by Gasteiger charge is 2.19. The number of nitrogens with two attached hydrogens (primary N) is 1. The van der Waals surface area contributed by atoms with Crippen LogP contribution in [0.3, 0.4) is 0 Å². The highest BCUT2D eigenvalue weighted by Crippen LogP contribution is 2.25. The quantitative estimate of drug-likeness (QED) is 0.621. The number of hydrogen-bond acceptors (Lipinski definition) is 2. The van der Waals surface area contributed by atoms with E-state index < -0.39 is 0 Å². The van der Waals surface area contributed by atoms with Crippen molar-refractivity contribution in [2.45, 2.75) is 47.5 Å². The van der Waals surface area contributed by atoms with Gasteiger partial charge in [-0.3, -0.25) is 15.2 Å². The Bertz CT molecular complexity index is 532. The first-order valence-electron chi connectivity index (χ1n) is 8.31. The maximum Gasteiger partial charge on any atom is 0.328 e. The number of amides is 2. The summed E-state index contributed by atoms with van der Waals surface area (Å²) in [5.74, 6) is 0.580. The summed E-state index contributed by atoms with van der Waals surface area (Å²) in [6.07, 6.45) is 1.95. The van der Waals surface area contributed by atoms with Gasteiger partial charge in [-0.15, -0.1) is 0 Å². The Hall–Kier alpha value is -2.04. The summed E-state index contributed by atoms with van der Waals surface area (Å²) in [5, 5.41) is 2.71. The second kappa shape index (κ2) is 9.18. The molecule has 3 N–H and O–H groups in total. The van der Waals surface area contributed by atoms with Crippen molar-refractivity contribution in [3.63, 3.8) is 0 Å². The molecule has 0 bridgehead atoms. The lowest BCUT2D eigenvalue weighted by Crippen LogP contribution is -2.47. The zero-order valence-corrected chi connectivity index (χ0v) is 15.0. The molecule has 1 aromatic rings. The number of guanidine groups is 1. The molecule has 5 heteroatoms. The van der Waals surface area contributed by atoms with Crippen LogP contribution in [0.5, 0.6) is 0 Å². The fraction of sp³-hybridized carbons (Fsp3) is 0.556. The summed E-state index contributed by atoms with van der Waals surface area (Å²) >= 11 is 0. The molecule has 0 unspecified atom stereocenters. The standard InChI is InChI=1S/C18H30N4O/c1-6-7-11-22(16-14(4)9-8-10-15(16)5)18(23)21-17(19)20-12-13(2)3/h8-10,13H,6-7,11-12H2,1-5H3,(H3,19,20,21,23). The van der Waals surface area contributed by atoms with E-state index in [0.717, 1.165) is 29.7 Å². The van der Waals surface area contributed by atoms with Crippen LogP contribution in [0.25, 0.3) is 0 Å². The third-order valence-corrected chi connectivity index (χ3v) is 3.55. The largest absolute Gasteiger partial charge is 0.370 e. The molecular formula is C18H30N4O. The number of nitrogens with zero attached hydrogens (tertiary/aromatic N) is 2. The summed E-state index contributed by atoms with van der Waals surface area (Å²) in [6, 6.07) is 5.82. The Balaban J connectivity index is 2.98. The predicted molar refractivity (Wildman–Crippen MR) is 98.0 cm³/mol. The van der Waals surface area contributed by atoms with Crippen LogP contribution in [0.1, 0.15) is 44.7 Å². The van der Waals surface area contributed by atoms with Crippen LogP contribution in [-0.2, 0) is 0 Å². The first-order chi connectivity index (χ1) is 10.9. The Morgan fingerprint density at radius 3 is 2.43 bits per heavy atom. The average molecular weight is 318 g/mol. The first-order valence-corrected chi connectivity index (χ1v) is 8.31. The zero-order valence-electron chi connectivity index (χ0n) is 15.0. The number of hydrogen-bond donors (Lipinski definition) is 2. The Labute approximate surface area is 140 Å².